The predicted molar refractivity (Wildman–Crippen MR) is 207 cm³/mol. The quantitative estimate of drug-likeness (QED) is 0.159. The van der Waals surface area contributed by atoms with E-state index in [1.54, 1.807) is 17.7 Å². The first-order valence-corrected chi connectivity index (χ1v) is 18.4. The number of benzene rings is 6. The molecule has 0 aliphatic heterocycles. The molecule has 0 N–H and O–H groups in total. The van der Waals surface area contributed by atoms with Gasteiger partial charge in [0.1, 0.15) is 5.82 Å². The number of rotatable bonds is 6. The number of fused-ring (bicyclic) bond motifs is 7. The second kappa shape index (κ2) is 11.1. The van der Waals surface area contributed by atoms with E-state index in [0.29, 0.717) is 0 Å². The molecule has 6 aromatic carbocycles. The van der Waals surface area contributed by atoms with Crippen LogP contribution in [0.25, 0.3) is 60.5 Å². The molecule has 0 saturated carbocycles. The molecule has 0 radical (unpaired) electrons. The Morgan fingerprint density at radius 2 is 1.10 bits per heavy atom. The van der Waals surface area contributed by atoms with Crippen LogP contribution < -0.4 is 0 Å². The fourth-order valence-corrected chi connectivity index (χ4v) is 10.4. The van der Waals surface area contributed by atoms with Crippen molar-refractivity contribution in [2.45, 2.75) is 77.0 Å². The van der Waals surface area contributed by atoms with E-state index in [4.69, 9.17) is 0 Å². The molecule has 9 rings (SSSR count). The van der Waals surface area contributed by atoms with Gasteiger partial charge in [0, 0.05) is 10.8 Å². The van der Waals surface area contributed by atoms with Gasteiger partial charge in [-0.3, -0.25) is 0 Å². The Kier molecular flexibility index (Phi) is 6.89. The average molecular weight is 639 g/mol. The molecule has 0 atom stereocenters. The van der Waals surface area contributed by atoms with Gasteiger partial charge in [0.15, 0.2) is 0 Å². The van der Waals surface area contributed by atoms with Crippen LogP contribution in [0.1, 0.15) is 88.5 Å². The van der Waals surface area contributed by atoms with E-state index in [2.05, 4.69) is 125 Å². The van der Waals surface area contributed by atoms with Gasteiger partial charge in [-0.2, -0.15) is 0 Å². The largest absolute Gasteiger partial charge is 0.207 e. The van der Waals surface area contributed by atoms with Gasteiger partial charge < -0.3 is 0 Å². The fraction of sp³-hybridized carbons (Fsp3) is 0.250. The molecule has 3 aliphatic rings. The lowest BCUT2D eigenvalue weighted by Crippen LogP contribution is -2.25. The number of allylic oxidation sites excluding steroid dienone is 4. The van der Waals surface area contributed by atoms with Gasteiger partial charge in [-0.1, -0.05) is 124 Å². The van der Waals surface area contributed by atoms with Crippen LogP contribution in [0.2, 0.25) is 0 Å². The van der Waals surface area contributed by atoms with E-state index in [-0.39, 0.29) is 16.6 Å². The first-order valence-electron chi connectivity index (χ1n) is 18.4. The highest BCUT2D eigenvalue weighted by Crippen LogP contribution is 2.56. The number of hydrogen-bond acceptors (Lipinski definition) is 0. The number of halogens is 1. The Morgan fingerprint density at radius 1 is 0.531 bits per heavy atom. The molecule has 0 heterocycles. The highest BCUT2D eigenvalue weighted by atomic mass is 19.1. The summed E-state index contributed by atoms with van der Waals surface area (Å²) in [6.45, 7) is 9.36. The summed E-state index contributed by atoms with van der Waals surface area (Å²) < 4.78 is 15.4. The van der Waals surface area contributed by atoms with E-state index < -0.39 is 0 Å². The number of hydrogen-bond donors (Lipinski definition) is 0. The second-order valence-electron chi connectivity index (χ2n) is 14.5. The molecule has 0 aromatic heterocycles. The molecule has 0 nitrogen and oxygen atoms in total. The van der Waals surface area contributed by atoms with Crippen molar-refractivity contribution in [3.8, 4) is 33.4 Å². The Labute approximate surface area is 290 Å². The smallest absolute Gasteiger partial charge is 0.123 e. The van der Waals surface area contributed by atoms with Crippen molar-refractivity contribution in [3.05, 3.63) is 149 Å². The normalized spacial score (nSPS) is 16.6. The van der Waals surface area contributed by atoms with Gasteiger partial charge >= 0.3 is 0 Å². The minimum Gasteiger partial charge on any atom is -0.207 e. The summed E-state index contributed by atoms with van der Waals surface area (Å²) >= 11 is 0. The maximum absolute atomic E-state index is 15.4. The summed E-state index contributed by atoms with van der Waals surface area (Å²) in [4.78, 5) is 0. The van der Waals surface area contributed by atoms with E-state index in [0.717, 1.165) is 54.9 Å². The average Bonchev–Trinajstić information content (AvgIpc) is 3.60. The Bertz CT molecular complexity index is 2390. The van der Waals surface area contributed by atoms with E-state index in [9.17, 15) is 0 Å². The zero-order valence-corrected chi connectivity index (χ0v) is 29.1. The standard InChI is InChI=1S/C48H43F/c1-5-47(6-2)41-19-13-11-15-33(41)35-24-21-30(27-43(35)47)45-37-17-9-10-18-38(37)46(40-29-32(49)23-26-39(40)45)31-22-25-36-34-16-12-14-20-42(34)48(7-3,8-4)44(36)28-31/h9-13,15-19,21-29H,5-8,14,20H2,1-4H3. The third-order valence-corrected chi connectivity index (χ3v) is 12.8. The van der Waals surface area contributed by atoms with Crippen LogP contribution >= 0.6 is 0 Å². The molecule has 0 bridgehead atoms. The van der Waals surface area contributed by atoms with Gasteiger partial charge in [-0.15, -0.1) is 0 Å². The SMILES string of the molecule is CCC1(CC)C2=C(C=CCC2)c2ccc(-c3c4ccccc4c(-c4ccc5c(c4)C(CC)(CC)c4ccccc4-5)c4ccc(F)cc34)cc21. The zero-order valence-electron chi connectivity index (χ0n) is 29.1. The second-order valence-corrected chi connectivity index (χ2v) is 14.5. The molecule has 0 spiro atoms. The molecule has 0 saturated heterocycles. The summed E-state index contributed by atoms with van der Waals surface area (Å²) in [5.74, 6) is -0.199. The summed E-state index contributed by atoms with van der Waals surface area (Å²) in [6, 6.07) is 37.4. The molecule has 3 aliphatic carbocycles. The highest BCUT2D eigenvalue weighted by molar-refractivity contribution is 6.21. The van der Waals surface area contributed by atoms with Crippen molar-refractivity contribution in [1.82, 2.24) is 0 Å². The monoisotopic (exact) mass is 638 g/mol. The van der Waals surface area contributed by atoms with Crippen molar-refractivity contribution < 1.29 is 4.39 Å². The van der Waals surface area contributed by atoms with Crippen LogP contribution in [0, 0.1) is 5.82 Å². The predicted octanol–water partition coefficient (Wildman–Crippen LogP) is 13.7. The molecule has 0 fully saturated rings. The summed E-state index contributed by atoms with van der Waals surface area (Å²) in [7, 11) is 0. The molecule has 0 unspecified atom stereocenters. The summed E-state index contributed by atoms with van der Waals surface area (Å²) in [5.41, 5.74) is 16.2. The molecular formula is C48H43F. The first-order chi connectivity index (χ1) is 24.0. The zero-order chi connectivity index (χ0) is 33.5. The minimum atomic E-state index is -0.199. The van der Waals surface area contributed by atoms with Crippen LogP contribution in [0.4, 0.5) is 4.39 Å². The molecule has 242 valence electrons. The third kappa shape index (κ3) is 4.02. The Hall–Kier alpha value is -4.75. The third-order valence-electron chi connectivity index (χ3n) is 12.8. The lowest BCUT2D eigenvalue weighted by atomic mass is 9.70. The van der Waals surface area contributed by atoms with Gasteiger partial charge in [0.25, 0.3) is 0 Å². The maximum atomic E-state index is 15.4. The van der Waals surface area contributed by atoms with Gasteiger partial charge in [0.2, 0.25) is 0 Å². The Morgan fingerprint density at radius 3 is 1.80 bits per heavy atom. The Balaban J connectivity index is 1.32. The summed E-state index contributed by atoms with van der Waals surface area (Å²) in [6.07, 6.45) is 11.2. The van der Waals surface area contributed by atoms with Crippen LogP contribution in [0.15, 0.2) is 121 Å². The van der Waals surface area contributed by atoms with Crippen molar-refractivity contribution in [1.29, 1.82) is 0 Å². The highest BCUT2D eigenvalue weighted by Gasteiger charge is 2.43. The van der Waals surface area contributed by atoms with Gasteiger partial charge in [0.05, 0.1) is 0 Å². The summed E-state index contributed by atoms with van der Waals surface area (Å²) in [5, 5.41) is 4.46. The molecular weight excluding hydrogens is 596 g/mol. The molecule has 6 aromatic rings. The van der Waals surface area contributed by atoms with Crippen molar-refractivity contribution in [2.24, 2.45) is 0 Å². The first kappa shape index (κ1) is 30.3. The lowest BCUT2D eigenvalue weighted by molar-refractivity contribution is 0.462. The van der Waals surface area contributed by atoms with Crippen molar-refractivity contribution in [2.75, 3.05) is 0 Å². The van der Waals surface area contributed by atoms with Crippen LogP contribution in [0.5, 0.6) is 0 Å². The van der Waals surface area contributed by atoms with Crippen LogP contribution in [-0.2, 0) is 10.8 Å². The molecule has 1 heteroatoms. The van der Waals surface area contributed by atoms with E-state index >= 15 is 4.39 Å². The van der Waals surface area contributed by atoms with Gasteiger partial charge in [-0.25, -0.2) is 4.39 Å². The van der Waals surface area contributed by atoms with Crippen molar-refractivity contribution >= 4 is 27.1 Å². The van der Waals surface area contributed by atoms with Crippen molar-refractivity contribution in [3.63, 3.8) is 0 Å². The van der Waals surface area contributed by atoms with Crippen LogP contribution in [-0.4, -0.2) is 0 Å². The topological polar surface area (TPSA) is 0 Å². The van der Waals surface area contributed by atoms with E-state index in [1.807, 2.05) is 6.07 Å². The van der Waals surface area contributed by atoms with Gasteiger partial charge in [-0.05, 0) is 146 Å². The minimum absolute atomic E-state index is 0.0164. The molecule has 49 heavy (non-hydrogen) atoms. The lowest BCUT2D eigenvalue weighted by Gasteiger charge is -2.33. The van der Waals surface area contributed by atoms with E-state index in [1.165, 1.54) is 66.4 Å². The maximum Gasteiger partial charge on any atom is 0.123 e. The molecule has 0 amide bonds. The fourth-order valence-electron chi connectivity index (χ4n) is 10.4. The van der Waals surface area contributed by atoms with Crippen LogP contribution in [0.3, 0.4) is 0 Å².